The maximum Gasteiger partial charge on any atom is 0.336 e. The Bertz CT molecular complexity index is 229. The van der Waals surface area contributed by atoms with Crippen LogP contribution in [0.4, 0.5) is 0 Å². The van der Waals surface area contributed by atoms with Crippen molar-refractivity contribution in [3.8, 4) is 0 Å². The van der Waals surface area contributed by atoms with E-state index >= 15 is 0 Å². The van der Waals surface area contributed by atoms with Crippen molar-refractivity contribution in [2.45, 2.75) is 78.4 Å². The predicted molar refractivity (Wildman–Crippen MR) is 84.2 cm³/mol. The molecular weight excluding hydrogens is 254 g/mol. The Morgan fingerprint density at radius 1 is 1.05 bits per heavy atom. The van der Waals surface area contributed by atoms with Crippen LogP contribution in [0.3, 0.4) is 0 Å². The molecule has 3 N–H and O–H groups in total. The number of hydrogen-bond acceptors (Lipinski definition) is 4. The van der Waals surface area contributed by atoms with Crippen molar-refractivity contribution in [3.63, 3.8) is 0 Å². The summed E-state index contributed by atoms with van der Waals surface area (Å²) in [7, 11) is -1.50. The van der Waals surface area contributed by atoms with Crippen molar-refractivity contribution in [1.82, 2.24) is 15.3 Å². The molecule has 0 aromatic heterocycles. The van der Waals surface area contributed by atoms with Gasteiger partial charge in [0.15, 0.2) is 0 Å². The first kappa shape index (κ1) is 17.1. The Morgan fingerprint density at radius 3 is 2.16 bits per heavy atom. The monoisotopic (exact) mass is 287 g/mol. The molecule has 2 unspecified atom stereocenters. The summed E-state index contributed by atoms with van der Waals surface area (Å²) >= 11 is 0. The Morgan fingerprint density at radius 2 is 1.63 bits per heavy atom. The highest BCUT2D eigenvalue weighted by Gasteiger charge is 2.21. The van der Waals surface area contributed by atoms with Gasteiger partial charge < -0.3 is 14.4 Å². The van der Waals surface area contributed by atoms with Crippen molar-refractivity contribution in [1.29, 1.82) is 0 Å². The molecule has 2 atom stereocenters. The van der Waals surface area contributed by atoms with Crippen LogP contribution in [-0.2, 0) is 4.43 Å². The van der Waals surface area contributed by atoms with Gasteiger partial charge in [0, 0.05) is 6.04 Å². The fourth-order valence-corrected chi connectivity index (χ4v) is 4.37. The van der Waals surface area contributed by atoms with Gasteiger partial charge in [-0.15, -0.1) is 0 Å². The minimum Gasteiger partial charge on any atom is -0.381 e. The molecule has 0 bridgehead atoms. The van der Waals surface area contributed by atoms with Crippen molar-refractivity contribution in [2.24, 2.45) is 5.92 Å². The lowest BCUT2D eigenvalue weighted by molar-refractivity contribution is 0.198. The average molecular weight is 288 g/mol. The molecule has 1 rings (SSSR count). The molecule has 0 heterocycles. The molecule has 114 valence electrons. The molecule has 0 saturated heterocycles. The lowest BCUT2D eigenvalue weighted by Crippen LogP contribution is -2.56. The molecule has 0 aliphatic heterocycles. The predicted octanol–water partition coefficient (Wildman–Crippen LogP) is 1.84. The minimum atomic E-state index is -1.50. The molecule has 1 aliphatic carbocycles. The summed E-state index contributed by atoms with van der Waals surface area (Å²) in [5.74, 6) is 0.786. The smallest absolute Gasteiger partial charge is 0.336 e. The van der Waals surface area contributed by atoms with Gasteiger partial charge in [0.1, 0.15) is 0 Å². The van der Waals surface area contributed by atoms with E-state index in [0.717, 1.165) is 5.92 Å². The van der Waals surface area contributed by atoms with Gasteiger partial charge in [-0.25, -0.2) is 0 Å². The van der Waals surface area contributed by atoms with E-state index in [9.17, 15) is 0 Å². The van der Waals surface area contributed by atoms with Crippen molar-refractivity contribution < 1.29 is 4.43 Å². The van der Waals surface area contributed by atoms with Crippen LogP contribution in [0.2, 0.25) is 0 Å². The molecule has 0 aromatic rings. The third-order valence-corrected chi connectivity index (χ3v) is 6.12. The van der Waals surface area contributed by atoms with Crippen LogP contribution in [-0.4, -0.2) is 34.2 Å². The van der Waals surface area contributed by atoms with E-state index in [1.54, 1.807) is 0 Å². The fourth-order valence-electron chi connectivity index (χ4n) is 2.61. The van der Waals surface area contributed by atoms with Gasteiger partial charge in [0.2, 0.25) is 0 Å². The number of nitrogens with one attached hydrogen (secondary N) is 3. The first-order valence-electron chi connectivity index (χ1n) is 7.86. The summed E-state index contributed by atoms with van der Waals surface area (Å²) in [4.78, 5) is 7.05. The van der Waals surface area contributed by atoms with E-state index < -0.39 is 9.36 Å². The highest BCUT2D eigenvalue weighted by molar-refractivity contribution is 6.46. The Balaban J connectivity index is 2.26. The molecular formula is C14H33N3OSi. The van der Waals surface area contributed by atoms with Crippen molar-refractivity contribution in [2.75, 3.05) is 6.73 Å². The van der Waals surface area contributed by atoms with E-state index in [-0.39, 0.29) is 0 Å². The lowest BCUT2D eigenvalue weighted by atomic mass is 9.86. The molecule has 1 fully saturated rings. The van der Waals surface area contributed by atoms with Crippen LogP contribution in [0.1, 0.15) is 60.3 Å². The molecule has 0 aromatic carbocycles. The second-order valence-electron chi connectivity index (χ2n) is 6.41. The third kappa shape index (κ3) is 7.42. The van der Waals surface area contributed by atoms with E-state index in [1.807, 2.05) is 0 Å². The summed E-state index contributed by atoms with van der Waals surface area (Å²) in [6, 6.07) is 1.58. The molecule has 0 radical (unpaired) electrons. The third-order valence-electron chi connectivity index (χ3n) is 3.68. The maximum absolute atomic E-state index is 6.02. The maximum atomic E-state index is 6.02. The summed E-state index contributed by atoms with van der Waals surface area (Å²) in [5, 5.41) is 3.58. The largest absolute Gasteiger partial charge is 0.381 e. The van der Waals surface area contributed by atoms with Crippen LogP contribution < -0.4 is 15.3 Å². The molecule has 1 aliphatic rings. The molecule has 5 heteroatoms. The summed E-state index contributed by atoms with van der Waals surface area (Å²) in [6.45, 7) is 11.7. The quantitative estimate of drug-likeness (QED) is 0.471. The van der Waals surface area contributed by atoms with Crippen LogP contribution >= 0.6 is 0 Å². The number of rotatable bonds is 8. The first-order chi connectivity index (χ1) is 8.99. The molecule has 19 heavy (non-hydrogen) atoms. The molecule has 0 amide bonds. The number of hydrogen-bond donors (Lipinski definition) is 3. The normalized spacial score (nSPS) is 24.6. The van der Waals surface area contributed by atoms with Crippen molar-refractivity contribution >= 4 is 9.36 Å². The molecule has 1 saturated carbocycles. The second-order valence-corrected chi connectivity index (χ2v) is 8.17. The Labute approximate surface area is 121 Å². The highest BCUT2D eigenvalue weighted by Crippen LogP contribution is 2.23. The van der Waals surface area contributed by atoms with Gasteiger partial charge in [-0.1, -0.05) is 47.5 Å². The summed E-state index contributed by atoms with van der Waals surface area (Å²) in [5.41, 5.74) is 0. The van der Waals surface area contributed by atoms with Crippen LogP contribution in [0.5, 0.6) is 0 Å². The van der Waals surface area contributed by atoms with Gasteiger partial charge in [-0.2, -0.15) is 0 Å². The van der Waals surface area contributed by atoms with E-state index in [1.165, 1.54) is 25.7 Å². The van der Waals surface area contributed by atoms with Gasteiger partial charge >= 0.3 is 9.36 Å². The van der Waals surface area contributed by atoms with Crippen LogP contribution in [0.25, 0.3) is 0 Å². The molecule has 0 spiro atoms. The zero-order chi connectivity index (χ0) is 14.3. The van der Waals surface area contributed by atoms with Gasteiger partial charge in [0.05, 0.1) is 6.73 Å². The standard InChI is InChI=1S/C14H33N3OSi/c1-11(2)16-19(17-12(3)4)18-10-15-14-9-7-6-8-13(14)5/h11-17,19H,6-10H2,1-5H3. The van der Waals surface area contributed by atoms with E-state index in [2.05, 4.69) is 49.9 Å². The summed E-state index contributed by atoms with van der Waals surface area (Å²) < 4.78 is 6.02. The fraction of sp³-hybridized carbons (Fsp3) is 1.00. The molecule has 4 nitrogen and oxygen atoms in total. The highest BCUT2D eigenvalue weighted by atomic mass is 28.3. The zero-order valence-corrected chi connectivity index (χ0v) is 14.5. The minimum absolute atomic E-state index is 0.469. The Hall–Kier alpha value is 0.0569. The average Bonchev–Trinajstić information content (AvgIpc) is 2.30. The van der Waals surface area contributed by atoms with Crippen LogP contribution in [0, 0.1) is 5.92 Å². The van der Waals surface area contributed by atoms with E-state index in [4.69, 9.17) is 4.43 Å². The zero-order valence-electron chi connectivity index (χ0n) is 13.3. The Kier molecular flexibility index (Phi) is 8.17. The SMILES string of the molecule is CC(C)N[SiH](NC(C)C)OCNC1CCCCC1C. The van der Waals surface area contributed by atoms with Gasteiger partial charge in [-0.05, 0) is 30.8 Å². The van der Waals surface area contributed by atoms with Crippen LogP contribution in [0.15, 0.2) is 0 Å². The lowest BCUT2D eigenvalue weighted by Gasteiger charge is -2.30. The summed E-state index contributed by atoms with van der Waals surface area (Å²) in [6.07, 6.45) is 5.40. The first-order valence-corrected chi connectivity index (χ1v) is 9.48. The van der Waals surface area contributed by atoms with E-state index in [0.29, 0.717) is 24.9 Å². The van der Waals surface area contributed by atoms with Gasteiger partial charge in [0.25, 0.3) is 0 Å². The van der Waals surface area contributed by atoms with Crippen molar-refractivity contribution in [3.05, 3.63) is 0 Å². The second kappa shape index (κ2) is 9.08. The van der Waals surface area contributed by atoms with Gasteiger partial charge in [-0.3, -0.25) is 5.32 Å². The topological polar surface area (TPSA) is 45.3 Å².